The molecule has 0 aromatic rings. The van der Waals surface area contributed by atoms with Gasteiger partial charge in [-0.25, -0.2) is 0 Å². The highest BCUT2D eigenvalue weighted by atomic mass is 14.2. The zero-order valence-corrected chi connectivity index (χ0v) is 16.5. The molecule has 134 valence electrons. The minimum absolute atomic E-state index is 1.02. The van der Waals surface area contributed by atoms with Crippen LogP contribution in [-0.2, 0) is 0 Å². The largest absolute Gasteiger partial charge is 0.0654 e. The predicted octanol–water partition coefficient (Wildman–Crippen LogP) is 8.54. The van der Waals surface area contributed by atoms with Crippen molar-refractivity contribution in [1.29, 1.82) is 0 Å². The van der Waals surface area contributed by atoms with Crippen molar-refractivity contribution < 1.29 is 0 Å². The van der Waals surface area contributed by atoms with Crippen molar-refractivity contribution in [2.24, 2.45) is 11.8 Å². The lowest BCUT2D eigenvalue weighted by atomic mass is 9.82. The number of unbranched alkanes of at least 4 members (excludes halogenated alkanes) is 7. The molecule has 0 fully saturated rings. The molecule has 22 heavy (non-hydrogen) atoms. The van der Waals surface area contributed by atoms with E-state index in [2.05, 4.69) is 27.7 Å². The highest BCUT2D eigenvalue weighted by Gasteiger charge is 2.15. The van der Waals surface area contributed by atoms with Gasteiger partial charge >= 0.3 is 0 Å². The van der Waals surface area contributed by atoms with Gasteiger partial charge in [-0.2, -0.15) is 0 Å². The third kappa shape index (κ3) is 13.6. The van der Waals surface area contributed by atoms with Gasteiger partial charge in [0.25, 0.3) is 0 Å². The van der Waals surface area contributed by atoms with Crippen molar-refractivity contribution in [1.82, 2.24) is 0 Å². The molecular weight excluding hydrogens is 264 g/mol. The fourth-order valence-corrected chi connectivity index (χ4v) is 3.85. The molecule has 2 atom stereocenters. The Morgan fingerprint density at radius 3 is 1.45 bits per heavy atom. The first-order valence-electron chi connectivity index (χ1n) is 10.8. The number of rotatable bonds is 17. The quantitative estimate of drug-likeness (QED) is 0.236. The molecule has 2 unspecified atom stereocenters. The lowest BCUT2D eigenvalue weighted by Gasteiger charge is -2.24. The van der Waals surface area contributed by atoms with E-state index in [0.717, 1.165) is 11.8 Å². The SMILES string of the molecule is CCCCCCCC(CCCC)CC(CCC)CCCCC. The predicted molar refractivity (Wildman–Crippen MR) is 104 cm³/mol. The summed E-state index contributed by atoms with van der Waals surface area (Å²) in [5.41, 5.74) is 0. The molecular formula is C22H46. The normalized spacial score (nSPS) is 14.2. The molecule has 0 heteroatoms. The van der Waals surface area contributed by atoms with E-state index >= 15 is 0 Å². The van der Waals surface area contributed by atoms with E-state index in [1.165, 1.54) is 103 Å². The van der Waals surface area contributed by atoms with Gasteiger partial charge in [0.1, 0.15) is 0 Å². The van der Waals surface area contributed by atoms with Crippen LogP contribution in [0, 0.1) is 11.8 Å². The molecule has 0 N–H and O–H groups in total. The van der Waals surface area contributed by atoms with Gasteiger partial charge < -0.3 is 0 Å². The Bertz CT molecular complexity index is 196. The summed E-state index contributed by atoms with van der Waals surface area (Å²) in [6.45, 7) is 9.37. The third-order valence-electron chi connectivity index (χ3n) is 5.26. The van der Waals surface area contributed by atoms with Gasteiger partial charge in [-0.05, 0) is 18.3 Å². The Labute approximate surface area is 142 Å². The summed E-state index contributed by atoms with van der Waals surface area (Å²) >= 11 is 0. The van der Waals surface area contributed by atoms with Crippen molar-refractivity contribution in [2.75, 3.05) is 0 Å². The van der Waals surface area contributed by atoms with Crippen LogP contribution in [0.5, 0.6) is 0 Å². The Morgan fingerprint density at radius 2 is 0.864 bits per heavy atom. The molecule has 0 aromatic carbocycles. The van der Waals surface area contributed by atoms with Crippen molar-refractivity contribution in [2.45, 2.75) is 130 Å². The summed E-state index contributed by atoms with van der Waals surface area (Å²) in [4.78, 5) is 0. The standard InChI is InChI=1S/C22H46/c1-5-9-12-13-15-19-22(17-11-7-3)20-21(16-8-4)18-14-10-6-2/h21-22H,5-20H2,1-4H3. The second-order valence-electron chi connectivity index (χ2n) is 7.60. The Kier molecular flexibility index (Phi) is 17.4. The smallest absolute Gasteiger partial charge is 0.0412 e. The van der Waals surface area contributed by atoms with Crippen LogP contribution in [0.4, 0.5) is 0 Å². The fourth-order valence-electron chi connectivity index (χ4n) is 3.85. The maximum absolute atomic E-state index is 2.37. The molecule has 0 aromatic heterocycles. The van der Waals surface area contributed by atoms with E-state index in [9.17, 15) is 0 Å². The molecule has 0 radical (unpaired) electrons. The van der Waals surface area contributed by atoms with Gasteiger partial charge in [-0.1, -0.05) is 124 Å². The molecule has 0 saturated heterocycles. The van der Waals surface area contributed by atoms with Crippen LogP contribution < -0.4 is 0 Å². The number of hydrogen-bond donors (Lipinski definition) is 0. The molecule has 0 nitrogen and oxygen atoms in total. The molecule has 0 amide bonds. The first kappa shape index (κ1) is 22.0. The Balaban J connectivity index is 4.12. The minimum Gasteiger partial charge on any atom is -0.0654 e. The van der Waals surface area contributed by atoms with Crippen LogP contribution in [0.3, 0.4) is 0 Å². The van der Waals surface area contributed by atoms with Crippen LogP contribution in [0.2, 0.25) is 0 Å². The van der Waals surface area contributed by atoms with E-state index in [0.29, 0.717) is 0 Å². The van der Waals surface area contributed by atoms with Gasteiger partial charge in [0, 0.05) is 0 Å². The Morgan fingerprint density at radius 1 is 0.409 bits per heavy atom. The highest BCUT2D eigenvalue weighted by Crippen LogP contribution is 2.29. The van der Waals surface area contributed by atoms with Crippen LogP contribution in [-0.4, -0.2) is 0 Å². The van der Waals surface area contributed by atoms with E-state index in [1.807, 2.05) is 0 Å². The van der Waals surface area contributed by atoms with Gasteiger partial charge in [-0.15, -0.1) is 0 Å². The van der Waals surface area contributed by atoms with E-state index in [-0.39, 0.29) is 0 Å². The number of hydrogen-bond acceptors (Lipinski definition) is 0. The lowest BCUT2D eigenvalue weighted by molar-refractivity contribution is 0.289. The zero-order valence-electron chi connectivity index (χ0n) is 16.5. The van der Waals surface area contributed by atoms with Crippen LogP contribution in [0.25, 0.3) is 0 Å². The molecule has 0 saturated carbocycles. The topological polar surface area (TPSA) is 0 Å². The van der Waals surface area contributed by atoms with Gasteiger partial charge in [0.2, 0.25) is 0 Å². The molecule has 0 aliphatic rings. The van der Waals surface area contributed by atoms with E-state index < -0.39 is 0 Å². The van der Waals surface area contributed by atoms with E-state index in [4.69, 9.17) is 0 Å². The average Bonchev–Trinajstić information content (AvgIpc) is 2.52. The molecule has 0 spiro atoms. The Hall–Kier alpha value is 0. The average molecular weight is 311 g/mol. The summed E-state index contributed by atoms with van der Waals surface area (Å²) in [5, 5.41) is 0. The fraction of sp³-hybridized carbons (Fsp3) is 1.00. The monoisotopic (exact) mass is 310 g/mol. The summed E-state index contributed by atoms with van der Waals surface area (Å²) in [7, 11) is 0. The maximum atomic E-state index is 2.37. The summed E-state index contributed by atoms with van der Waals surface area (Å²) < 4.78 is 0. The summed E-state index contributed by atoms with van der Waals surface area (Å²) in [6, 6.07) is 0. The van der Waals surface area contributed by atoms with Crippen LogP contribution in [0.1, 0.15) is 130 Å². The molecule has 0 heterocycles. The molecule has 0 aliphatic heterocycles. The maximum Gasteiger partial charge on any atom is -0.0412 e. The first-order chi connectivity index (χ1) is 10.8. The van der Waals surface area contributed by atoms with Crippen LogP contribution in [0.15, 0.2) is 0 Å². The van der Waals surface area contributed by atoms with E-state index in [1.54, 1.807) is 0 Å². The van der Waals surface area contributed by atoms with Crippen molar-refractivity contribution >= 4 is 0 Å². The highest BCUT2D eigenvalue weighted by molar-refractivity contribution is 4.68. The van der Waals surface area contributed by atoms with Crippen molar-refractivity contribution in [3.63, 3.8) is 0 Å². The molecule has 0 bridgehead atoms. The molecule has 0 aliphatic carbocycles. The summed E-state index contributed by atoms with van der Waals surface area (Å²) in [5.74, 6) is 2.05. The third-order valence-corrected chi connectivity index (χ3v) is 5.26. The summed E-state index contributed by atoms with van der Waals surface area (Å²) in [6.07, 6.45) is 23.2. The first-order valence-corrected chi connectivity index (χ1v) is 10.8. The molecule has 0 rings (SSSR count). The van der Waals surface area contributed by atoms with Gasteiger partial charge in [-0.3, -0.25) is 0 Å². The zero-order chi connectivity index (χ0) is 16.5. The minimum atomic E-state index is 1.02. The van der Waals surface area contributed by atoms with Crippen LogP contribution >= 0.6 is 0 Å². The second-order valence-corrected chi connectivity index (χ2v) is 7.60. The van der Waals surface area contributed by atoms with Gasteiger partial charge in [0.15, 0.2) is 0 Å². The van der Waals surface area contributed by atoms with Crippen molar-refractivity contribution in [3.8, 4) is 0 Å². The van der Waals surface area contributed by atoms with Gasteiger partial charge in [0.05, 0.1) is 0 Å². The second kappa shape index (κ2) is 17.4. The lowest BCUT2D eigenvalue weighted by Crippen LogP contribution is -2.10. The van der Waals surface area contributed by atoms with Crippen molar-refractivity contribution in [3.05, 3.63) is 0 Å².